The summed E-state index contributed by atoms with van der Waals surface area (Å²) in [6.45, 7) is 0.481. The van der Waals surface area contributed by atoms with Crippen molar-refractivity contribution in [2.24, 2.45) is 0 Å². The van der Waals surface area contributed by atoms with E-state index in [1.54, 1.807) is 12.3 Å². The van der Waals surface area contributed by atoms with Crippen LogP contribution in [0.3, 0.4) is 0 Å². The lowest BCUT2D eigenvalue weighted by Gasteiger charge is -2.10. The van der Waals surface area contributed by atoms with Crippen LogP contribution in [-0.2, 0) is 6.54 Å². The van der Waals surface area contributed by atoms with Gasteiger partial charge in [-0.2, -0.15) is 0 Å². The van der Waals surface area contributed by atoms with Gasteiger partial charge in [-0.15, -0.1) is 0 Å². The van der Waals surface area contributed by atoms with Gasteiger partial charge in [0.25, 0.3) is 0 Å². The number of anilines is 1. The number of halogens is 2. The van der Waals surface area contributed by atoms with Crippen LogP contribution in [-0.4, -0.2) is 10.1 Å². The van der Waals surface area contributed by atoms with Gasteiger partial charge in [0.1, 0.15) is 0 Å². The maximum absolute atomic E-state index is 13.3. The van der Waals surface area contributed by atoms with Crippen LogP contribution < -0.4 is 5.32 Å². The standard InChI is InChI=1S/C16H12ClFN2O/c17-13-5-3-10(16-12(13)2-1-7-19-16)9-20-11-4-6-15(21)14(18)8-11/h1-8,20-21H,9H2. The van der Waals surface area contributed by atoms with Gasteiger partial charge in [0.05, 0.1) is 5.52 Å². The quantitative estimate of drug-likeness (QED) is 0.707. The van der Waals surface area contributed by atoms with Gasteiger partial charge in [-0.3, -0.25) is 4.98 Å². The van der Waals surface area contributed by atoms with Crippen molar-refractivity contribution in [1.29, 1.82) is 0 Å². The third-order valence-corrected chi connectivity index (χ3v) is 3.56. The Balaban J connectivity index is 1.88. The first-order chi connectivity index (χ1) is 10.1. The number of rotatable bonds is 3. The highest BCUT2D eigenvalue weighted by Crippen LogP contribution is 2.26. The van der Waals surface area contributed by atoms with Crippen LogP contribution in [0.25, 0.3) is 10.9 Å². The van der Waals surface area contributed by atoms with Gasteiger partial charge in [0.2, 0.25) is 0 Å². The fourth-order valence-corrected chi connectivity index (χ4v) is 2.37. The molecule has 0 aliphatic rings. The summed E-state index contributed by atoms with van der Waals surface area (Å²) in [6.07, 6.45) is 1.71. The molecule has 3 nitrogen and oxygen atoms in total. The molecule has 0 spiro atoms. The summed E-state index contributed by atoms with van der Waals surface area (Å²) in [7, 11) is 0. The lowest BCUT2D eigenvalue weighted by molar-refractivity contribution is 0.432. The SMILES string of the molecule is Oc1ccc(NCc2ccc(Cl)c3cccnc23)cc1F. The average molecular weight is 303 g/mol. The topological polar surface area (TPSA) is 45.1 Å². The van der Waals surface area contributed by atoms with Crippen molar-refractivity contribution in [2.45, 2.75) is 6.54 Å². The summed E-state index contributed by atoms with van der Waals surface area (Å²) >= 11 is 6.15. The molecule has 0 saturated carbocycles. The summed E-state index contributed by atoms with van der Waals surface area (Å²) < 4.78 is 13.3. The van der Waals surface area contributed by atoms with Gasteiger partial charge in [-0.25, -0.2) is 4.39 Å². The van der Waals surface area contributed by atoms with Crippen LogP contribution >= 0.6 is 11.6 Å². The van der Waals surface area contributed by atoms with Gasteiger partial charge >= 0.3 is 0 Å². The first-order valence-corrected chi connectivity index (χ1v) is 6.77. The monoisotopic (exact) mass is 302 g/mol. The highest BCUT2D eigenvalue weighted by molar-refractivity contribution is 6.35. The van der Waals surface area contributed by atoms with Crippen LogP contribution in [0.15, 0.2) is 48.7 Å². The number of pyridine rings is 1. The molecular formula is C16H12ClFN2O. The number of aromatic hydroxyl groups is 1. The van der Waals surface area contributed by atoms with E-state index in [0.717, 1.165) is 16.5 Å². The molecule has 0 amide bonds. The van der Waals surface area contributed by atoms with E-state index in [-0.39, 0.29) is 5.75 Å². The number of nitrogens with zero attached hydrogens (tertiary/aromatic N) is 1. The number of hydrogen-bond donors (Lipinski definition) is 2. The van der Waals surface area contributed by atoms with E-state index in [9.17, 15) is 9.50 Å². The van der Waals surface area contributed by atoms with E-state index in [4.69, 9.17) is 11.6 Å². The van der Waals surface area contributed by atoms with E-state index in [0.29, 0.717) is 17.3 Å². The number of benzene rings is 2. The summed E-state index contributed by atoms with van der Waals surface area (Å²) in [5, 5.41) is 13.8. The Morgan fingerprint density at radius 2 is 2.05 bits per heavy atom. The molecule has 0 unspecified atom stereocenters. The van der Waals surface area contributed by atoms with Crippen molar-refractivity contribution < 1.29 is 9.50 Å². The Hall–Kier alpha value is -2.33. The van der Waals surface area contributed by atoms with Crippen molar-refractivity contribution in [2.75, 3.05) is 5.32 Å². The van der Waals surface area contributed by atoms with E-state index < -0.39 is 5.82 Å². The number of nitrogens with one attached hydrogen (secondary N) is 1. The third-order valence-electron chi connectivity index (χ3n) is 3.23. The minimum atomic E-state index is -0.654. The maximum atomic E-state index is 13.3. The molecule has 3 rings (SSSR count). The molecule has 106 valence electrons. The molecule has 0 atom stereocenters. The van der Waals surface area contributed by atoms with Gasteiger partial charge in [0, 0.05) is 34.9 Å². The molecule has 0 saturated heterocycles. The van der Waals surface area contributed by atoms with Crippen molar-refractivity contribution in [3.05, 3.63) is 65.1 Å². The highest BCUT2D eigenvalue weighted by Gasteiger charge is 2.06. The first kappa shape index (κ1) is 13.6. The smallest absolute Gasteiger partial charge is 0.166 e. The van der Waals surface area contributed by atoms with Crippen molar-refractivity contribution >= 4 is 28.2 Å². The van der Waals surface area contributed by atoms with Crippen LogP contribution in [0.1, 0.15) is 5.56 Å². The summed E-state index contributed by atoms with van der Waals surface area (Å²) in [4.78, 5) is 4.35. The third kappa shape index (κ3) is 2.76. The Morgan fingerprint density at radius 3 is 2.86 bits per heavy atom. The van der Waals surface area contributed by atoms with Crippen LogP contribution in [0.5, 0.6) is 5.75 Å². The average Bonchev–Trinajstić information content (AvgIpc) is 2.50. The zero-order valence-corrected chi connectivity index (χ0v) is 11.7. The van der Waals surface area contributed by atoms with Crippen molar-refractivity contribution in [1.82, 2.24) is 4.98 Å². The second kappa shape index (κ2) is 5.58. The van der Waals surface area contributed by atoms with Crippen molar-refractivity contribution in [3.8, 4) is 5.75 Å². The lowest BCUT2D eigenvalue weighted by atomic mass is 10.1. The summed E-state index contributed by atoms with van der Waals surface area (Å²) in [5.41, 5.74) is 2.37. The predicted molar refractivity (Wildman–Crippen MR) is 82.1 cm³/mol. The van der Waals surface area contributed by atoms with E-state index in [1.807, 2.05) is 24.3 Å². The molecule has 0 bridgehead atoms. The molecule has 1 aromatic heterocycles. The molecule has 0 radical (unpaired) electrons. The lowest BCUT2D eigenvalue weighted by Crippen LogP contribution is -2.01. The van der Waals surface area contributed by atoms with Crippen molar-refractivity contribution in [3.63, 3.8) is 0 Å². The van der Waals surface area contributed by atoms with Crippen LogP contribution in [0.4, 0.5) is 10.1 Å². The van der Waals surface area contributed by atoms with Gasteiger partial charge in [0.15, 0.2) is 11.6 Å². The number of fused-ring (bicyclic) bond motifs is 1. The summed E-state index contributed by atoms with van der Waals surface area (Å²) in [5.74, 6) is -1.02. The largest absolute Gasteiger partial charge is 0.505 e. The fraction of sp³-hybridized carbons (Fsp3) is 0.0625. The Kier molecular flexibility index (Phi) is 3.62. The molecule has 2 N–H and O–H groups in total. The van der Waals surface area contributed by atoms with Gasteiger partial charge in [-0.05, 0) is 35.9 Å². The van der Waals surface area contributed by atoms with Crippen LogP contribution in [0, 0.1) is 5.82 Å². The number of phenolic OH excluding ortho intramolecular Hbond substituents is 1. The molecule has 2 aromatic carbocycles. The van der Waals surface area contributed by atoms with Crippen LogP contribution in [0.2, 0.25) is 5.02 Å². The Labute approximate surface area is 126 Å². The first-order valence-electron chi connectivity index (χ1n) is 6.39. The van der Waals surface area contributed by atoms with E-state index in [2.05, 4.69) is 10.3 Å². The number of aromatic nitrogens is 1. The molecule has 3 aromatic rings. The fourth-order valence-electron chi connectivity index (χ4n) is 2.15. The molecule has 0 aliphatic carbocycles. The Morgan fingerprint density at radius 1 is 1.19 bits per heavy atom. The molecular weight excluding hydrogens is 291 g/mol. The van der Waals surface area contributed by atoms with Gasteiger partial charge < -0.3 is 10.4 Å². The molecule has 0 aliphatic heterocycles. The van der Waals surface area contributed by atoms with E-state index in [1.165, 1.54) is 12.1 Å². The molecule has 1 heterocycles. The Bertz CT molecular complexity index is 807. The second-order valence-corrected chi connectivity index (χ2v) is 5.03. The molecule has 0 fully saturated rings. The summed E-state index contributed by atoms with van der Waals surface area (Å²) in [6, 6.07) is 11.6. The molecule has 5 heteroatoms. The zero-order chi connectivity index (χ0) is 14.8. The normalized spacial score (nSPS) is 10.8. The maximum Gasteiger partial charge on any atom is 0.166 e. The molecule has 21 heavy (non-hydrogen) atoms. The highest BCUT2D eigenvalue weighted by atomic mass is 35.5. The zero-order valence-electron chi connectivity index (χ0n) is 11.0. The minimum absolute atomic E-state index is 0.362. The predicted octanol–water partition coefficient (Wildman–Crippen LogP) is 4.35. The van der Waals surface area contributed by atoms with Gasteiger partial charge in [-0.1, -0.05) is 17.7 Å². The minimum Gasteiger partial charge on any atom is -0.505 e. The number of phenols is 1. The second-order valence-electron chi connectivity index (χ2n) is 4.63. The number of hydrogen-bond acceptors (Lipinski definition) is 3. The van der Waals surface area contributed by atoms with E-state index >= 15 is 0 Å².